The monoisotopic (exact) mass is 223 g/mol. The molecule has 4 heteroatoms. The summed E-state index contributed by atoms with van der Waals surface area (Å²) in [5.41, 5.74) is 1.16. The molecule has 1 rings (SSSR count). The first-order valence-electron chi connectivity index (χ1n) is 4.75. The second kappa shape index (κ2) is 7.34. The highest BCUT2D eigenvalue weighted by Gasteiger charge is 2.01. The van der Waals surface area contributed by atoms with Gasteiger partial charge in [0.1, 0.15) is 0 Å². The summed E-state index contributed by atoms with van der Waals surface area (Å²) < 4.78 is 4.50. The maximum atomic E-state index is 9.97. The molecule has 0 spiro atoms. The first-order chi connectivity index (χ1) is 7.52. The van der Waals surface area contributed by atoms with Crippen molar-refractivity contribution in [3.05, 3.63) is 48.6 Å². The maximum absolute atomic E-state index is 9.97. The van der Waals surface area contributed by atoms with Crippen molar-refractivity contribution in [1.82, 2.24) is 4.90 Å². The molecule has 0 aliphatic carbocycles. The van der Waals surface area contributed by atoms with Crippen LogP contribution in [0, 0.1) is 0 Å². The number of furan rings is 1. The molecule has 0 saturated heterocycles. The fourth-order valence-electron chi connectivity index (χ4n) is 0.959. The van der Waals surface area contributed by atoms with E-state index in [2.05, 4.69) is 11.0 Å². The number of aromatic carboxylic acids is 1. The van der Waals surface area contributed by atoms with Crippen LogP contribution >= 0.6 is 0 Å². The lowest BCUT2D eigenvalue weighted by Crippen LogP contribution is -2.07. The SMILES string of the molecule is C=CC(=CC)N(C)C.O=C(O)c1ccco1. The summed E-state index contributed by atoms with van der Waals surface area (Å²) in [4.78, 5) is 12.0. The third-order valence-electron chi connectivity index (χ3n) is 1.75. The Morgan fingerprint density at radius 3 is 2.31 bits per heavy atom. The molecule has 0 bridgehead atoms. The van der Waals surface area contributed by atoms with E-state index in [0.717, 1.165) is 5.70 Å². The summed E-state index contributed by atoms with van der Waals surface area (Å²) >= 11 is 0. The molecule has 4 nitrogen and oxygen atoms in total. The van der Waals surface area contributed by atoms with Gasteiger partial charge < -0.3 is 14.4 Å². The molecule has 88 valence electrons. The van der Waals surface area contributed by atoms with Crippen LogP contribution in [-0.4, -0.2) is 30.1 Å². The van der Waals surface area contributed by atoms with Crippen LogP contribution in [0.25, 0.3) is 0 Å². The van der Waals surface area contributed by atoms with Crippen LogP contribution in [0.5, 0.6) is 0 Å². The van der Waals surface area contributed by atoms with Crippen molar-refractivity contribution in [3.63, 3.8) is 0 Å². The van der Waals surface area contributed by atoms with Gasteiger partial charge in [0.25, 0.3) is 0 Å². The summed E-state index contributed by atoms with van der Waals surface area (Å²) in [6.07, 6.45) is 5.18. The lowest BCUT2D eigenvalue weighted by Gasteiger charge is -2.11. The highest BCUT2D eigenvalue weighted by Crippen LogP contribution is 1.97. The molecule has 1 aromatic heterocycles. The zero-order valence-corrected chi connectivity index (χ0v) is 9.80. The van der Waals surface area contributed by atoms with E-state index in [4.69, 9.17) is 5.11 Å². The third kappa shape index (κ3) is 5.05. The Hall–Kier alpha value is -1.97. The average molecular weight is 223 g/mol. The van der Waals surface area contributed by atoms with Crippen molar-refractivity contribution in [3.8, 4) is 0 Å². The van der Waals surface area contributed by atoms with Crippen LogP contribution in [0.4, 0.5) is 0 Å². The highest BCUT2D eigenvalue weighted by molar-refractivity contribution is 5.84. The molecule has 0 saturated carbocycles. The summed E-state index contributed by atoms with van der Waals surface area (Å²) in [5.74, 6) is -1.06. The van der Waals surface area contributed by atoms with Crippen molar-refractivity contribution >= 4 is 5.97 Å². The van der Waals surface area contributed by atoms with Gasteiger partial charge in [0, 0.05) is 19.8 Å². The molecule has 0 fully saturated rings. The minimum Gasteiger partial charge on any atom is -0.475 e. The van der Waals surface area contributed by atoms with Crippen LogP contribution in [0.3, 0.4) is 0 Å². The van der Waals surface area contributed by atoms with Crippen molar-refractivity contribution in [1.29, 1.82) is 0 Å². The number of nitrogens with zero attached hydrogens (tertiary/aromatic N) is 1. The number of hydrogen-bond donors (Lipinski definition) is 1. The van der Waals surface area contributed by atoms with Gasteiger partial charge in [-0.3, -0.25) is 0 Å². The number of carboxylic acids is 1. The molecular formula is C12H17NO3. The Morgan fingerprint density at radius 1 is 1.56 bits per heavy atom. The first-order valence-corrected chi connectivity index (χ1v) is 4.75. The number of allylic oxidation sites excluding steroid dienone is 2. The zero-order chi connectivity index (χ0) is 12.6. The van der Waals surface area contributed by atoms with Gasteiger partial charge in [0.2, 0.25) is 5.76 Å². The fourth-order valence-corrected chi connectivity index (χ4v) is 0.959. The summed E-state index contributed by atoms with van der Waals surface area (Å²) in [5, 5.41) is 8.18. The smallest absolute Gasteiger partial charge is 0.371 e. The first kappa shape index (κ1) is 14.0. The lowest BCUT2D eigenvalue weighted by atomic mass is 10.4. The van der Waals surface area contributed by atoms with E-state index in [-0.39, 0.29) is 5.76 Å². The van der Waals surface area contributed by atoms with Gasteiger partial charge in [-0.25, -0.2) is 4.79 Å². The zero-order valence-electron chi connectivity index (χ0n) is 9.80. The quantitative estimate of drug-likeness (QED) is 0.800. The van der Waals surface area contributed by atoms with Gasteiger partial charge in [-0.15, -0.1) is 0 Å². The summed E-state index contributed by atoms with van der Waals surface area (Å²) in [7, 11) is 3.99. The maximum Gasteiger partial charge on any atom is 0.371 e. The molecular weight excluding hydrogens is 206 g/mol. The molecule has 1 N–H and O–H groups in total. The minimum absolute atomic E-state index is 0.0231. The number of carboxylic acid groups (broad SMARTS) is 1. The summed E-state index contributed by atoms with van der Waals surface area (Å²) in [6.45, 7) is 5.64. The number of hydrogen-bond acceptors (Lipinski definition) is 3. The second-order valence-electron chi connectivity index (χ2n) is 3.09. The fraction of sp³-hybridized carbons (Fsp3) is 0.250. The molecule has 0 aliphatic heterocycles. The Bertz CT molecular complexity index is 350. The van der Waals surface area contributed by atoms with E-state index in [1.54, 1.807) is 0 Å². The van der Waals surface area contributed by atoms with Crippen molar-refractivity contribution in [2.45, 2.75) is 6.92 Å². The Morgan fingerprint density at radius 2 is 2.19 bits per heavy atom. The van der Waals surface area contributed by atoms with E-state index in [0.29, 0.717) is 0 Å². The molecule has 1 heterocycles. The lowest BCUT2D eigenvalue weighted by molar-refractivity contribution is 0.0662. The van der Waals surface area contributed by atoms with Gasteiger partial charge in [-0.05, 0) is 25.1 Å². The molecule has 0 aliphatic rings. The normalized spacial score (nSPS) is 10.1. The van der Waals surface area contributed by atoms with E-state index < -0.39 is 5.97 Å². The molecule has 1 aromatic rings. The third-order valence-corrected chi connectivity index (χ3v) is 1.75. The van der Waals surface area contributed by atoms with Crippen LogP contribution < -0.4 is 0 Å². The second-order valence-corrected chi connectivity index (χ2v) is 3.09. The number of likely N-dealkylation sites (N-methyl/N-ethyl adjacent to an activating group) is 1. The molecule has 0 aromatic carbocycles. The molecule has 0 amide bonds. The molecule has 0 unspecified atom stereocenters. The van der Waals surface area contributed by atoms with Crippen molar-refractivity contribution in [2.24, 2.45) is 0 Å². The van der Waals surface area contributed by atoms with Gasteiger partial charge in [0.15, 0.2) is 0 Å². The van der Waals surface area contributed by atoms with Crippen molar-refractivity contribution in [2.75, 3.05) is 14.1 Å². The number of rotatable bonds is 3. The van der Waals surface area contributed by atoms with Crippen molar-refractivity contribution < 1.29 is 14.3 Å². The predicted octanol–water partition coefficient (Wildman–Crippen LogP) is 2.62. The number of carbonyl (C=O) groups is 1. The van der Waals surface area contributed by atoms with Crippen LogP contribution in [0.1, 0.15) is 17.5 Å². The minimum atomic E-state index is -1.03. The van der Waals surface area contributed by atoms with E-state index in [9.17, 15) is 4.79 Å². The summed E-state index contributed by atoms with van der Waals surface area (Å²) in [6, 6.07) is 2.92. The van der Waals surface area contributed by atoms with E-state index >= 15 is 0 Å². The predicted molar refractivity (Wildman–Crippen MR) is 63.3 cm³/mol. The van der Waals surface area contributed by atoms with Gasteiger partial charge in [-0.1, -0.05) is 12.7 Å². The van der Waals surface area contributed by atoms with Gasteiger partial charge in [0.05, 0.1) is 6.26 Å². The van der Waals surface area contributed by atoms with Crippen LogP contribution in [0.2, 0.25) is 0 Å². The molecule has 16 heavy (non-hydrogen) atoms. The Kier molecular flexibility index (Phi) is 6.43. The Labute approximate surface area is 95.5 Å². The van der Waals surface area contributed by atoms with Gasteiger partial charge >= 0.3 is 5.97 Å². The van der Waals surface area contributed by atoms with E-state index in [1.807, 2.05) is 38.1 Å². The van der Waals surface area contributed by atoms with E-state index in [1.165, 1.54) is 18.4 Å². The average Bonchev–Trinajstić information content (AvgIpc) is 2.72. The Balaban J connectivity index is 0.000000281. The van der Waals surface area contributed by atoms with Gasteiger partial charge in [-0.2, -0.15) is 0 Å². The highest BCUT2D eigenvalue weighted by atomic mass is 16.4. The largest absolute Gasteiger partial charge is 0.475 e. The van der Waals surface area contributed by atoms with Crippen LogP contribution in [0.15, 0.2) is 47.2 Å². The topological polar surface area (TPSA) is 53.7 Å². The molecule has 0 atom stereocenters. The van der Waals surface area contributed by atoms with Crippen LogP contribution in [-0.2, 0) is 0 Å². The molecule has 0 radical (unpaired) electrons. The standard InChI is InChI=1S/C7H13N.C5H4O3/c1-5-7(6-2)8(3)4;6-5(7)4-2-1-3-8-4/h5-6H,1H2,2-4H3;1-3H,(H,6,7).